The summed E-state index contributed by atoms with van der Waals surface area (Å²) in [4.78, 5) is 21.3. The Balaban J connectivity index is 1.98. The van der Waals surface area contributed by atoms with Crippen LogP contribution < -0.4 is 0 Å². The van der Waals surface area contributed by atoms with Crippen molar-refractivity contribution in [2.75, 3.05) is 27.2 Å². The molecule has 0 bridgehead atoms. The quantitative estimate of drug-likeness (QED) is 0.501. The second-order valence-corrected chi connectivity index (χ2v) is 12.0. The molecule has 1 saturated carbocycles. The number of imidazole rings is 1. The van der Waals surface area contributed by atoms with E-state index in [0.29, 0.717) is 13.1 Å². The van der Waals surface area contributed by atoms with Gasteiger partial charge in [0, 0.05) is 25.0 Å². The van der Waals surface area contributed by atoms with Gasteiger partial charge in [-0.25, -0.2) is 13.4 Å². The molecule has 2 aromatic rings. The van der Waals surface area contributed by atoms with Crippen molar-refractivity contribution in [3.05, 3.63) is 47.3 Å². The second kappa shape index (κ2) is 11.5. The number of carbonyl (C=O) groups excluding carboxylic acids is 1. The molecule has 0 unspecified atom stereocenters. The van der Waals surface area contributed by atoms with Gasteiger partial charge < -0.3 is 14.4 Å². The smallest absolute Gasteiger partial charge is 0.228 e. The maximum atomic E-state index is 13.6. The zero-order valence-corrected chi connectivity index (χ0v) is 22.1. The Morgan fingerprint density at radius 3 is 2.47 bits per heavy atom. The highest BCUT2D eigenvalue weighted by Gasteiger charge is 2.30. The summed E-state index contributed by atoms with van der Waals surface area (Å²) in [5.74, 6) is -0.132. The van der Waals surface area contributed by atoms with Crippen molar-refractivity contribution in [1.29, 1.82) is 0 Å². The Labute approximate surface area is 205 Å². The summed E-state index contributed by atoms with van der Waals surface area (Å²) in [5, 5.41) is 0.139. The van der Waals surface area contributed by atoms with Crippen LogP contribution in [0.15, 0.2) is 35.6 Å². The Hall–Kier alpha value is -2.19. The summed E-state index contributed by atoms with van der Waals surface area (Å²) in [6.45, 7) is 7.47. The van der Waals surface area contributed by atoms with Crippen molar-refractivity contribution in [3.63, 3.8) is 0 Å². The molecule has 0 radical (unpaired) electrons. The van der Waals surface area contributed by atoms with Gasteiger partial charge >= 0.3 is 0 Å². The number of aromatic nitrogens is 2. The minimum atomic E-state index is -3.65. The average Bonchev–Trinajstić information content (AvgIpc) is 3.21. The van der Waals surface area contributed by atoms with E-state index in [9.17, 15) is 13.2 Å². The average molecular weight is 489 g/mol. The number of amides is 1. The van der Waals surface area contributed by atoms with Crippen LogP contribution >= 0.6 is 0 Å². The molecule has 0 saturated heterocycles. The predicted molar refractivity (Wildman–Crippen MR) is 135 cm³/mol. The highest BCUT2D eigenvalue weighted by Crippen LogP contribution is 2.33. The lowest BCUT2D eigenvalue weighted by atomic mass is 9.95. The number of carbonyl (C=O) groups is 1. The van der Waals surface area contributed by atoms with E-state index in [1.807, 2.05) is 68.6 Å². The van der Waals surface area contributed by atoms with Gasteiger partial charge in [-0.1, -0.05) is 62.9 Å². The fourth-order valence-electron chi connectivity index (χ4n) is 4.69. The van der Waals surface area contributed by atoms with E-state index in [2.05, 4.69) is 9.88 Å². The summed E-state index contributed by atoms with van der Waals surface area (Å²) in [5.41, 5.74) is 2.61. The Morgan fingerprint density at radius 2 is 1.85 bits per heavy atom. The van der Waals surface area contributed by atoms with E-state index in [1.165, 1.54) is 6.42 Å². The molecule has 0 N–H and O–H groups in total. The topological polar surface area (TPSA) is 75.5 Å². The molecule has 7 nitrogen and oxygen atoms in total. The van der Waals surface area contributed by atoms with Crippen LogP contribution in [-0.2, 0) is 26.9 Å². The van der Waals surface area contributed by atoms with Gasteiger partial charge in [-0.2, -0.15) is 0 Å². The summed E-state index contributed by atoms with van der Waals surface area (Å²) in [7, 11) is 0.326. The molecular weight excluding hydrogens is 448 g/mol. The van der Waals surface area contributed by atoms with Crippen LogP contribution in [0, 0.1) is 12.8 Å². The van der Waals surface area contributed by atoms with Crippen LogP contribution in [0.2, 0.25) is 0 Å². The molecule has 0 spiro atoms. The first-order chi connectivity index (χ1) is 16.1. The first-order valence-electron chi connectivity index (χ1n) is 12.4. The van der Waals surface area contributed by atoms with Crippen molar-refractivity contribution >= 4 is 15.7 Å². The van der Waals surface area contributed by atoms with E-state index >= 15 is 0 Å². The van der Waals surface area contributed by atoms with Crippen molar-refractivity contribution in [2.45, 2.75) is 76.4 Å². The summed E-state index contributed by atoms with van der Waals surface area (Å²) < 4.78 is 29.1. The van der Waals surface area contributed by atoms with Gasteiger partial charge in [0.2, 0.25) is 20.9 Å². The molecule has 0 atom stereocenters. The summed E-state index contributed by atoms with van der Waals surface area (Å²) in [6, 6.07) is 7.71. The zero-order chi connectivity index (χ0) is 24.9. The number of hydrogen-bond donors (Lipinski definition) is 0. The van der Waals surface area contributed by atoms with E-state index in [-0.39, 0.29) is 28.8 Å². The first-order valence-corrected chi connectivity index (χ1v) is 14.0. The van der Waals surface area contributed by atoms with Gasteiger partial charge in [-0.05, 0) is 39.4 Å². The third-order valence-electron chi connectivity index (χ3n) is 6.47. The number of hydrogen-bond acceptors (Lipinski definition) is 5. The van der Waals surface area contributed by atoms with Crippen molar-refractivity contribution in [1.82, 2.24) is 19.4 Å². The lowest BCUT2D eigenvalue weighted by molar-refractivity contribution is -0.135. The highest BCUT2D eigenvalue weighted by molar-refractivity contribution is 7.90. The van der Waals surface area contributed by atoms with Gasteiger partial charge in [-0.3, -0.25) is 4.79 Å². The second-order valence-electron chi connectivity index (χ2n) is 10.2. The maximum Gasteiger partial charge on any atom is 0.228 e. The monoisotopic (exact) mass is 488 g/mol. The SMILES string of the molecule is Cc1cccc(CS(=O)(=O)c2ncc(CN(CCN(C)C)C(=O)C(C)C)n2C2CCCCC2)c1. The number of rotatable bonds is 10. The highest BCUT2D eigenvalue weighted by atomic mass is 32.2. The molecular formula is C26H40N4O3S. The van der Waals surface area contributed by atoms with E-state index in [0.717, 1.165) is 49.0 Å². The molecule has 1 aliphatic carbocycles. The van der Waals surface area contributed by atoms with Crippen molar-refractivity contribution in [3.8, 4) is 0 Å². The lowest BCUT2D eigenvalue weighted by Gasteiger charge is -2.30. The zero-order valence-electron chi connectivity index (χ0n) is 21.3. The third kappa shape index (κ3) is 6.69. The molecule has 3 rings (SSSR count). The van der Waals surface area contributed by atoms with Crippen LogP contribution in [-0.4, -0.2) is 60.9 Å². The minimum absolute atomic E-state index is 0.0717. The van der Waals surface area contributed by atoms with Crippen molar-refractivity contribution < 1.29 is 13.2 Å². The molecule has 1 heterocycles. The Bertz CT molecular complexity index is 1070. The summed E-state index contributed by atoms with van der Waals surface area (Å²) >= 11 is 0. The normalized spacial score (nSPS) is 15.3. The molecule has 1 aromatic carbocycles. The third-order valence-corrected chi connectivity index (χ3v) is 8.04. The van der Waals surface area contributed by atoms with Gasteiger partial charge in [0.15, 0.2) is 0 Å². The van der Waals surface area contributed by atoms with Crippen LogP contribution in [0.1, 0.15) is 68.8 Å². The number of likely N-dealkylation sites (N-methyl/N-ethyl adjacent to an activating group) is 1. The summed E-state index contributed by atoms with van der Waals surface area (Å²) in [6.07, 6.45) is 6.88. The van der Waals surface area contributed by atoms with Crippen LogP contribution in [0.25, 0.3) is 0 Å². The largest absolute Gasteiger partial charge is 0.335 e. The van der Waals surface area contributed by atoms with Crippen molar-refractivity contribution in [2.24, 2.45) is 5.92 Å². The molecule has 1 aliphatic rings. The van der Waals surface area contributed by atoms with Crippen LogP contribution in [0.3, 0.4) is 0 Å². The molecule has 1 amide bonds. The maximum absolute atomic E-state index is 13.6. The van der Waals surface area contributed by atoms with Crippen LogP contribution in [0.4, 0.5) is 0 Å². The van der Waals surface area contributed by atoms with E-state index in [1.54, 1.807) is 6.20 Å². The molecule has 188 valence electrons. The minimum Gasteiger partial charge on any atom is -0.335 e. The van der Waals surface area contributed by atoms with Gasteiger partial charge in [0.05, 0.1) is 24.2 Å². The Morgan fingerprint density at radius 1 is 1.15 bits per heavy atom. The van der Waals surface area contributed by atoms with Gasteiger partial charge in [0.1, 0.15) is 0 Å². The number of nitrogens with zero attached hydrogens (tertiary/aromatic N) is 4. The number of benzene rings is 1. The Kier molecular flexibility index (Phi) is 8.93. The predicted octanol–water partition coefficient (Wildman–Crippen LogP) is 4.22. The number of aryl methyl sites for hydroxylation is 1. The molecule has 34 heavy (non-hydrogen) atoms. The lowest BCUT2D eigenvalue weighted by Crippen LogP contribution is -2.39. The van der Waals surface area contributed by atoms with E-state index in [4.69, 9.17) is 0 Å². The van der Waals surface area contributed by atoms with Crippen LogP contribution in [0.5, 0.6) is 0 Å². The van der Waals surface area contributed by atoms with E-state index < -0.39 is 9.84 Å². The van der Waals surface area contributed by atoms with Gasteiger partial charge in [0.25, 0.3) is 0 Å². The molecule has 1 fully saturated rings. The molecule has 1 aromatic heterocycles. The fourth-order valence-corrected chi connectivity index (χ4v) is 6.22. The van der Waals surface area contributed by atoms with Gasteiger partial charge in [-0.15, -0.1) is 0 Å². The first kappa shape index (κ1) is 26.4. The standard InChI is InChI=1S/C26H40N4O3S/c1-20(2)25(31)29(15-14-28(4)5)18-24-17-27-26(30(24)23-12-7-6-8-13-23)34(32,33)19-22-11-9-10-21(3)16-22/h9-11,16-17,20,23H,6-8,12-15,18-19H2,1-5H3. The molecule has 8 heteroatoms. The fraction of sp³-hybridized carbons (Fsp3) is 0.615. The number of sulfone groups is 1. The molecule has 0 aliphatic heterocycles.